The number of anilines is 3. The van der Waals surface area contributed by atoms with E-state index in [-0.39, 0.29) is 11.8 Å². The summed E-state index contributed by atoms with van der Waals surface area (Å²) in [6, 6.07) is 13.6. The number of aryl methyl sites for hydroxylation is 2. The lowest BCUT2D eigenvalue weighted by molar-refractivity contribution is -0.131. The molecule has 1 aliphatic heterocycles. The molecule has 2 aliphatic rings. The maximum atomic E-state index is 13.1. The average Bonchev–Trinajstić information content (AvgIpc) is 3.53. The van der Waals surface area contributed by atoms with Crippen LogP contribution in [0.25, 0.3) is 0 Å². The predicted molar refractivity (Wildman–Crippen MR) is 114 cm³/mol. The van der Waals surface area contributed by atoms with Crippen molar-refractivity contribution in [2.45, 2.75) is 26.7 Å². The van der Waals surface area contributed by atoms with Crippen LogP contribution in [0.4, 0.5) is 17.1 Å². The molecule has 0 atom stereocenters. The van der Waals surface area contributed by atoms with E-state index in [4.69, 9.17) is 4.74 Å². The number of benzene rings is 2. The van der Waals surface area contributed by atoms with Gasteiger partial charge in [0.1, 0.15) is 5.41 Å². The second-order valence-electron chi connectivity index (χ2n) is 7.93. The lowest BCUT2D eigenvalue weighted by Crippen LogP contribution is -2.38. The third kappa shape index (κ3) is 3.98. The predicted octanol–water partition coefficient (Wildman–Crippen LogP) is 3.50. The molecule has 2 fully saturated rings. The Morgan fingerprint density at radius 3 is 2.24 bits per heavy atom. The third-order valence-electron chi connectivity index (χ3n) is 5.75. The minimum atomic E-state index is -0.991. The normalized spacial score (nSPS) is 17.5. The molecule has 152 valence electrons. The van der Waals surface area contributed by atoms with Crippen molar-refractivity contribution in [1.29, 1.82) is 0 Å². The molecule has 2 amide bonds. The van der Waals surface area contributed by atoms with Crippen molar-refractivity contribution >= 4 is 28.9 Å². The zero-order chi connectivity index (χ0) is 20.4. The first-order valence-electron chi connectivity index (χ1n) is 10.1. The molecule has 29 heavy (non-hydrogen) atoms. The van der Waals surface area contributed by atoms with E-state index in [1.807, 2.05) is 56.3 Å². The number of amides is 2. The number of hydrogen-bond donors (Lipinski definition) is 2. The fourth-order valence-corrected chi connectivity index (χ4v) is 3.78. The first-order valence-corrected chi connectivity index (χ1v) is 10.1. The topological polar surface area (TPSA) is 70.7 Å². The average molecular weight is 393 g/mol. The maximum absolute atomic E-state index is 13.1. The Bertz CT molecular complexity index is 931. The van der Waals surface area contributed by atoms with Gasteiger partial charge >= 0.3 is 0 Å². The summed E-state index contributed by atoms with van der Waals surface area (Å²) in [6.45, 7) is 6.88. The quantitative estimate of drug-likeness (QED) is 0.763. The molecule has 1 heterocycles. The van der Waals surface area contributed by atoms with Gasteiger partial charge < -0.3 is 20.3 Å². The Kier molecular flexibility index (Phi) is 5.28. The molecular weight excluding hydrogens is 366 g/mol. The van der Waals surface area contributed by atoms with Gasteiger partial charge in [0.2, 0.25) is 11.8 Å². The van der Waals surface area contributed by atoms with Crippen LogP contribution in [0.1, 0.15) is 24.0 Å². The lowest BCUT2D eigenvalue weighted by atomic mass is 10.0. The molecule has 1 saturated heterocycles. The second-order valence-corrected chi connectivity index (χ2v) is 7.93. The number of carbonyl (C=O) groups excluding carboxylic acids is 2. The van der Waals surface area contributed by atoms with Gasteiger partial charge in [-0.05, 0) is 50.5 Å². The maximum Gasteiger partial charge on any atom is 0.240 e. The van der Waals surface area contributed by atoms with E-state index < -0.39 is 5.41 Å². The van der Waals surface area contributed by atoms with Crippen LogP contribution in [-0.2, 0) is 14.3 Å². The van der Waals surface area contributed by atoms with Crippen molar-refractivity contribution in [3.05, 3.63) is 53.6 Å². The highest BCUT2D eigenvalue weighted by Gasteiger charge is 2.56. The highest BCUT2D eigenvalue weighted by Crippen LogP contribution is 2.48. The van der Waals surface area contributed by atoms with E-state index in [0.717, 1.165) is 41.3 Å². The molecule has 1 aliphatic carbocycles. The summed E-state index contributed by atoms with van der Waals surface area (Å²) in [5.74, 6) is -0.466. The van der Waals surface area contributed by atoms with Crippen LogP contribution in [0.3, 0.4) is 0 Å². The standard InChI is InChI=1S/C23H27N3O3/c1-16-7-8-18(17(2)15-16)24-21(27)23(9-10-23)22(28)25-19-5-3-4-6-20(19)26-11-13-29-14-12-26/h3-8,15H,9-14H2,1-2H3,(H,24,27)(H,25,28). The van der Waals surface area contributed by atoms with Crippen LogP contribution in [0.5, 0.6) is 0 Å². The summed E-state index contributed by atoms with van der Waals surface area (Å²) < 4.78 is 5.43. The van der Waals surface area contributed by atoms with Gasteiger partial charge in [-0.3, -0.25) is 9.59 Å². The minimum absolute atomic E-state index is 0.231. The van der Waals surface area contributed by atoms with Crippen LogP contribution in [-0.4, -0.2) is 38.1 Å². The van der Waals surface area contributed by atoms with Gasteiger partial charge in [-0.1, -0.05) is 29.8 Å². The Labute approximate surface area is 171 Å². The van der Waals surface area contributed by atoms with Crippen molar-refractivity contribution in [1.82, 2.24) is 0 Å². The Balaban J connectivity index is 1.49. The van der Waals surface area contributed by atoms with Crippen LogP contribution >= 0.6 is 0 Å². The van der Waals surface area contributed by atoms with E-state index in [2.05, 4.69) is 15.5 Å². The zero-order valence-electron chi connectivity index (χ0n) is 17.0. The van der Waals surface area contributed by atoms with Crippen molar-refractivity contribution < 1.29 is 14.3 Å². The first kappa shape index (κ1) is 19.5. The monoisotopic (exact) mass is 393 g/mol. The van der Waals surface area contributed by atoms with Gasteiger partial charge in [0.15, 0.2) is 0 Å². The van der Waals surface area contributed by atoms with Gasteiger partial charge in [-0.15, -0.1) is 0 Å². The molecule has 0 radical (unpaired) electrons. The lowest BCUT2D eigenvalue weighted by Gasteiger charge is -2.30. The van der Waals surface area contributed by atoms with E-state index >= 15 is 0 Å². The Hall–Kier alpha value is -2.86. The van der Waals surface area contributed by atoms with Crippen molar-refractivity contribution in [3.63, 3.8) is 0 Å². The van der Waals surface area contributed by atoms with Crippen LogP contribution in [0, 0.1) is 19.3 Å². The molecule has 4 rings (SSSR count). The Morgan fingerprint density at radius 2 is 1.59 bits per heavy atom. The van der Waals surface area contributed by atoms with Gasteiger partial charge in [0.25, 0.3) is 0 Å². The highest BCUT2D eigenvalue weighted by molar-refractivity contribution is 6.17. The molecule has 0 bridgehead atoms. The van der Waals surface area contributed by atoms with Crippen molar-refractivity contribution in [2.24, 2.45) is 5.41 Å². The second kappa shape index (κ2) is 7.87. The number of para-hydroxylation sites is 2. The fourth-order valence-electron chi connectivity index (χ4n) is 3.78. The molecule has 1 saturated carbocycles. The van der Waals surface area contributed by atoms with Crippen LogP contribution < -0.4 is 15.5 Å². The molecule has 6 heteroatoms. The summed E-state index contributed by atoms with van der Waals surface area (Å²) in [4.78, 5) is 28.2. The molecule has 0 unspecified atom stereocenters. The number of nitrogens with zero attached hydrogens (tertiary/aromatic N) is 1. The molecular formula is C23H27N3O3. The largest absolute Gasteiger partial charge is 0.378 e. The minimum Gasteiger partial charge on any atom is -0.378 e. The molecule has 2 N–H and O–H groups in total. The number of rotatable bonds is 5. The summed E-state index contributed by atoms with van der Waals surface area (Å²) in [5, 5.41) is 5.98. The molecule has 6 nitrogen and oxygen atoms in total. The number of nitrogens with one attached hydrogen (secondary N) is 2. The smallest absolute Gasteiger partial charge is 0.240 e. The number of morpholine rings is 1. The molecule has 2 aromatic carbocycles. The zero-order valence-corrected chi connectivity index (χ0v) is 17.0. The summed E-state index contributed by atoms with van der Waals surface area (Å²) >= 11 is 0. The van der Waals surface area contributed by atoms with Crippen molar-refractivity contribution in [2.75, 3.05) is 41.8 Å². The number of carbonyl (C=O) groups is 2. The first-order chi connectivity index (χ1) is 14.0. The third-order valence-corrected chi connectivity index (χ3v) is 5.75. The highest BCUT2D eigenvalue weighted by atomic mass is 16.5. The molecule has 0 spiro atoms. The summed E-state index contributed by atoms with van der Waals surface area (Å²) in [6.07, 6.45) is 1.13. The van der Waals surface area contributed by atoms with Gasteiger partial charge in [-0.25, -0.2) is 0 Å². The van der Waals surface area contributed by atoms with E-state index in [1.165, 1.54) is 0 Å². The molecule has 0 aromatic heterocycles. The van der Waals surface area contributed by atoms with E-state index in [9.17, 15) is 9.59 Å². The fraction of sp³-hybridized carbons (Fsp3) is 0.391. The van der Waals surface area contributed by atoms with Crippen molar-refractivity contribution in [3.8, 4) is 0 Å². The van der Waals surface area contributed by atoms with Crippen LogP contribution in [0.2, 0.25) is 0 Å². The summed E-state index contributed by atoms with van der Waals surface area (Å²) in [7, 11) is 0. The number of hydrogen-bond acceptors (Lipinski definition) is 4. The number of ether oxygens (including phenoxy) is 1. The van der Waals surface area contributed by atoms with E-state index in [1.54, 1.807) is 0 Å². The van der Waals surface area contributed by atoms with Gasteiger partial charge in [-0.2, -0.15) is 0 Å². The van der Waals surface area contributed by atoms with Crippen LogP contribution in [0.15, 0.2) is 42.5 Å². The van der Waals surface area contributed by atoms with Gasteiger partial charge in [0, 0.05) is 18.8 Å². The van der Waals surface area contributed by atoms with E-state index in [0.29, 0.717) is 26.1 Å². The SMILES string of the molecule is Cc1ccc(NC(=O)C2(C(=O)Nc3ccccc3N3CCOCC3)CC2)c(C)c1. The summed E-state index contributed by atoms with van der Waals surface area (Å²) in [5.41, 5.74) is 3.61. The Morgan fingerprint density at radius 1 is 0.931 bits per heavy atom. The molecule has 2 aromatic rings. The van der Waals surface area contributed by atoms with Gasteiger partial charge in [0.05, 0.1) is 24.6 Å².